The molecule has 0 aromatic carbocycles. The van der Waals surface area contributed by atoms with Gasteiger partial charge in [0.1, 0.15) is 6.10 Å². The molecule has 1 atom stereocenters. The van der Waals surface area contributed by atoms with Crippen molar-refractivity contribution in [3.8, 4) is 0 Å². The van der Waals surface area contributed by atoms with Gasteiger partial charge < -0.3 is 0 Å². The van der Waals surface area contributed by atoms with Crippen LogP contribution in [-0.2, 0) is 9.68 Å². The molecule has 0 heterocycles. The van der Waals surface area contributed by atoms with Crippen LogP contribution in [0.2, 0.25) is 0 Å². The Bertz CT molecular complexity index is 117. The number of carbonyl (C=O) groups is 1. The Balaban J connectivity index is 3.56. The molecule has 0 aliphatic rings. The van der Waals surface area contributed by atoms with Crippen molar-refractivity contribution in [1.29, 1.82) is 0 Å². The molecule has 52 valence electrons. The van der Waals surface area contributed by atoms with Crippen molar-refractivity contribution >= 4 is 5.78 Å². The molecule has 9 heavy (non-hydrogen) atoms. The van der Waals surface area contributed by atoms with Crippen LogP contribution in [-0.4, -0.2) is 17.1 Å². The van der Waals surface area contributed by atoms with Crippen LogP contribution >= 0.6 is 0 Å². The average molecular weight is 130 g/mol. The van der Waals surface area contributed by atoms with Crippen molar-refractivity contribution in [3.63, 3.8) is 0 Å². The Kier molecular flexibility index (Phi) is 3.92. The first-order valence-electron chi connectivity index (χ1n) is 2.66. The molecule has 0 spiro atoms. The lowest BCUT2D eigenvalue weighted by molar-refractivity contribution is -0.261. The van der Waals surface area contributed by atoms with Gasteiger partial charge in [-0.15, -0.1) is 0 Å². The Hall–Kier alpha value is -0.670. The van der Waals surface area contributed by atoms with E-state index in [1.807, 2.05) is 0 Å². The molecular weight excluding hydrogens is 120 g/mol. The third-order valence-electron chi connectivity index (χ3n) is 0.768. The van der Waals surface area contributed by atoms with Gasteiger partial charge in [-0.1, -0.05) is 0 Å². The van der Waals surface area contributed by atoms with Gasteiger partial charge in [-0.25, -0.2) is 4.89 Å². The lowest BCUT2D eigenvalue weighted by atomic mass is 10.3. The lowest BCUT2D eigenvalue weighted by Crippen LogP contribution is -2.00. The topological polar surface area (TPSA) is 46.5 Å². The SMILES string of the molecule is CC(=O)C=CC(C)OO. The van der Waals surface area contributed by atoms with Crippen LogP contribution in [0.5, 0.6) is 0 Å². The van der Waals surface area contributed by atoms with Crippen molar-refractivity contribution in [2.45, 2.75) is 20.0 Å². The Morgan fingerprint density at radius 1 is 1.78 bits per heavy atom. The van der Waals surface area contributed by atoms with Crippen LogP contribution < -0.4 is 0 Å². The van der Waals surface area contributed by atoms with E-state index in [0.29, 0.717) is 0 Å². The van der Waals surface area contributed by atoms with Crippen LogP contribution in [0, 0.1) is 0 Å². The first-order valence-corrected chi connectivity index (χ1v) is 2.66. The van der Waals surface area contributed by atoms with E-state index >= 15 is 0 Å². The normalized spacial score (nSPS) is 14.1. The van der Waals surface area contributed by atoms with Gasteiger partial charge in [-0.2, -0.15) is 0 Å². The van der Waals surface area contributed by atoms with Gasteiger partial charge in [0.15, 0.2) is 5.78 Å². The summed E-state index contributed by atoms with van der Waals surface area (Å²) in [6.07, 6.45) is 2.41. The van der Waals surface area contributed by atoms with E-state index in [1.165, 1.54) is 19.1 Å². The number of hydrogen-bond acceptors (Lipinski definition) is 3. The molecule has 0 saturated heterocycles. The highest BCUT2D eigenvalue weighted by Gasteiger charge is 1.92. The molecule has 0 bridgehead atoms. The van der Waals surface area contributed by atoms with E-state index < -0.39 is 6.10 Å². The summed E-state index contributed by atoms with van der Waals surface area (Å²) in [6.45, 7) is 3.06. The van der Waals surface area contributed by atoms with E-state index in [1.54, 1.807) is 6.92 Å². The second kappa shape index (κ2) is 4.23. The zero-order valence-corrected chi connectivity index (χ0v) is 5.50. The first kappa shape index (κ1) is 8.33. The van der Waals surface area contributed by atoms with Crippen molar-refractivity contribution in [2.75, 3.05) is 0 Å². The van der Waals surface area contributed by atoms with Crippen molar-refractivity contribution < 1.29 is 14.9 Å². The van der Waals surface area contributed by atoms with Crippen LogP contribution in [0.15, 0.2) is 12.2 Å². The maximum atomic E-state index is 10.2. The number of hydrogen-bond donors (Lipinski definition) is 1. The van der Waals surface area contributed by atoms with E-state index in [2.05, 4.69) is 4.89 Å². The van der Waals surface area contributed by atoms with E-state index in [-0.39, 0.29) is 5.78 Å². The molecular formula is C6H10O3. The minimum atomic E-state index is -0.408. The monoisotopic (exact) mass is 130 g/mol. The fraction of sp³-hybridized carbons (Fsp3) is 0.500. The predicted octanol–water partition coefficient (Wildman–Crippen LogP) is 1.01. The molecule has 0 aromatic heterocycles. The molecule has 0 amide bonds. The molecule has 0 saturated carbocycles. The number of carbonyl (C=O) groups excluding carboxylic acids is 1. The summed E-state index contributed by atoms with van der Waals surface area (Å²) in [5.74, 6) is -0.0566. The molecule has 3 nitrogen and oxygen atoms in total. The predicted molar refractivity (Wildman–Crippen MR) is 33.0 cm³/mol. The van der Waals surface area contributed by atoms with E-state index in [9.17, 15) is 4.79 Å². The van der Waals surface area contributed by atoms with Gasteiger partial charge in [0.2, 0.25) is 0 Å². The first-order chi connectivity index (χ1) is 4.16. The molecule has 1 unspecified atom stereocenters. The van der Waals surface area contributed by atoms with Gasteiger partial charge in [0.05, 0.1) is 0 Å². The molecule has 0 radical (unpaired) electrons. The lowest BCUT2D eigenvalue weighted by Gasteiger charge is -1.96. The summed E-state index contributed by atoms with van der Waals surface area (Å²) in [4.78, 5) is 14.1. The number of rotatable bonds is 3. The van der Waals surface area contributed by atoms with Crippen LogP contribution in [0.4, 0.5) is 0 Å². The molecule has 0 fully saturated rings. The second-order valence-corrected chi connectivity index (χ2v) is 1.78. The van der Waals surface area contributed by atoms with Crippen molar-refractivity contribution in [2.24, 2.45) is 0 Å². The maximum absolute atomic E-state index is 10.2. The van der Waals surface area contributed by atoms with Crippen molar-refractivity contribution in [1.82, 2.24) is 0 Å². The largest absolute Gasteiger partial charge is 0.295 e. The molecule has 1 N–H and O–H groups in total. The molecule has 3 heteroatoms. The zero-order chi connectivity index (χ0) is 7.28. The van der Waals surface area contributed by atoms with Crippen molar-refractivity contribution in [3.05, 3.63) is 12.2 Å². The zero-order valence-electron chi connectivity index (χ0n) is 5.50. The third kappa shape index (κ3) is 5.20. The highest BCUT2D eigenvalue weighted by Crippen LogP contribution is 1.88. The standard InChI is InChI=1S/C6H10O3/c1-5(7)3-4-6(2)9-8/h3-4,6,8H,1-2H3. The Labute approximate surface area is 53.9 Å². The molecule has 0 aromatic rings. The maximum Gasteiger partial charge on any atom is 0.152 e. The molecule has 0 aliphatic heterocycles. The van der Waals surface area contributed by atoms with Crippen LogP contribution in [0.25, 0.3) is 0 Å². The summed E-state index contributed by atoms with van der Waals surface area (Å²) in [7, 11) is 0. The highest BCUT2D eigenvalue weighted by molar-refractivity contribution is 5.87. The Morgan fingerprint density at radius 2 is 2.33 bits per heavy atom. The Morgan fingerprint density at radius 3 is 2.67 bits per heavy atom. The summed E-state index contributed by atoms with van der Waals surface area (Å²) < 4.78 is 0. The third-order valence-corrected chi connectivity index (χ3v) is 0.768. The van der Waals surface area contributed by atoms with Gasteiger partial charge in [-0.3, -0.25) is 10.1 Å². The highest BCUT2D eigenvalue weighted by atomic mass is 17.1. The number of ketones is 1. The average Bonchev–Trinajstić information content (AvgIpc) is 1.83. The van der Waals surface area contributed by atoms with E-state index in [0.717, 1.165) is 0 Å². The summed E-state index contributed by atoms with van der Waals surface area (Å²) in [5.41, 5.74) is 0. The smallest absolute Gasteiger partial charge is 0.152 e. The molecule has 0 rings (SSSR count). The quantitative estimate of drug-likeness (QED) is 0.352. The fourth-order valence-electron chi connectivity index (χ4n) is 0.306. The van der Waals surface area contributed by atoms with Crippen LogP contribution in [0.1, 0.15) is 13.8 Å². The van der Waals surface area contributed by atoms with Gasteiger partial charge in [-0.05, 0) is 26.0 Å². The minimum Gasteiger partial charge on any atom is -0.295 e. The number of allylic oxidation sites excluding steroid dienone is 1. The van der Waals surface area contributed by atoms with Gasteiger partial charge in [0, 0.05) is 0 Å². The van der Waals surface area contributed by atoms with Gasteiger partial charge >= 0.3 is 0 Å². The molecule has 0 aliphatic carbocycles. The van der Waals surface area contributed by atoms with Crippen LogP contribution in [0.3, 0.4) is 0 Å². The fourth-order valence-corrected chi connectivity index (χ4v) is 0.306. The summed E-state index contributed by atoms with van der Waals surface area (Å²) in [6, 6.07) is 0. The van der Waals surface area contributed by atoms with Gasteiger partial charge in [0.25, 0.3) is 0 Å². The summed E-state index contributed by atoms with van der Waals surface area (Å²) in [5, 5.41) is 7.99. The summed E-state index contributed by atoms with van der Waals surface area (Å²) >= 11 is 0. The second-order valence-electron chi connectivity index (χ2n) is 1.78. The minimum absolute atomic E-state index is 0.0566. The van der Waals surface area contributed by atoms with E-state index in [4.69, 9.17) is 5.26 Å².